The highest BCUT2D eigenvalue weighted by Crippen LogP contribution is 2.64. The summed E-state index contributed by atoms with van der Waals surface area (Å²) in [5, 5.41) is 0. The van der Waals surface area contributed by atoms with Gasteiger partial charge in [-0.25, -0.2) is 4.39 Å². The zero-order valence-electron chi connectivity index (χ0n) is 12.3. The lowest BCUT2D eigenvalue weighted by Gasteiger charge is -2.02. The zero-order valence-corrected chi connectivity index (χ0v) is 12.3. The second-order valence-corrected chi connectivity index (χ2v) is 6.46. The van der Waals surface area contributed by atoms with E-state index in [0.29, 0.717) is 12.3 Å². The molecule has 0 aliphatic heterocycles. The third-order valence-electron chi connectivity index (χ3n) is 4.62. The van der Waals surface area contributed by atoms with Gasteiger partial charge in [-0.15, -0.1) is 0 Å². The van der Waals surface area contributed by atoms with Gasteiger partial charge in [-0.1, -0.05) is 56.3 Å². The van der Waals surface area contributed by atoms with Gasteiger partial charge in [-0.2, -0.15) is 0 Å². The van der Waals surface area contributed by atoms with Crippen molar-refractivity contribution >= 4 is 5.78 Å². The van der Waals surface area contributed by atoms with E-state index < -0.39 is 0 Å². The predicted molar refractivity (Wildman–Crippen MR) is 81.6 cm³/mol. The first-order valence-electron chi connectivity index (χ1n) is 7.32. The summed E-state index contributed by atoms with van der Waals surface area (Å²) in [7, 11) is 0. The van der Waals surface area contributed by atoms with Gasteiger partial charge in [0, 0.05) is 12.3 Å². The molecule has 0 saturated heterocycles. The normalized spacial score (nSPS) is 22.8. The van der Waals surface area contributed by atoms with Gasteiger partial charge in [0.15, 0.2) is 0 Å². The largest absolute Gasteiger partial charge is 0.299 e. The van der Waals surface area contributed by atoms with Gasteiger partial charge in [0.1, 0.15) is 11.6 Å². The lowest BCUT2D eigenvalue weighted by molar-refractivity contribution is -0.120. The van der Waals surface area contributed by atoms with E-state index in [-0.39, 0.29) is 22.9 Å². The van der Waals surface area contributed by atoms with Crippen LogP contribution in [0.1, 0.15) is 30.9 Å². The quantitative estimate of drug-likeness (QED) is 0.813. The SMILES string of the molecule is CC1(C)[C@H](C(=O)Cc2ccc(F)cc2)[C@H]1c1ccccc1. The Kier molecular flexibility index (Phi) is 3.40. The van der Waals surface area contributed by atoms with Gasteiger partial charge in [0.25, 0.3) is 0 Å². The van der Waals surface area contributed by atoms with Gasteiger partial charge in [0.2, 0.25) is 0 Å². The van der Waals surface area contributed by atoms with Crippen LogP contribution in [-0.2, 0) is 11.2 Å². The van der Waals surface area contributed by atoms with Gasteiger partial charge in [-0.05, 0) is 34.6 Å². The number of rotatable bonds is 4. The summed E-state index contributed by atoms with van der Waals surface area (Å²) in [6.07, 6.45) is 0.387. The Labute approximate surface area is 124 Å². The molecule has 0 heterocycles. The maximum atomic E-state index is 12.9. The van der Waals surface area contributed by atoms with Crippen LogP contribution in [0.4, 0.5) is 4.39 Å². The topological polar surface area (TPSA) is 17.1 Å². The fourth-order valence-electron chi connectivity index (χ4n) is 3.43. The second kappa shape index (κ2) is 5.10. The Balaban J connectivity index is 1.75. The van der Waals surface area contributed by atoms with E-state index in [2.05, 4.69) is 26.0 Å². The van der Waals surface area contributed by atoms with Crippen LogP contribution in [0.2, 0.25) is 0 Å². The van der Waals surface area contributed by atoms with Crippen molar-refractivity contribution < 1.29 is 9.18 Å². The molecule has 1 nitrogen and oxygen atoms in total. The van der Waals surface area contributed by atoms with Crippen molar-refractivity contribution in [1.29, 1.82) is 0 Å². The number of hydrogen-bond acceptors (Lipinski definition) is 1. The van der Waals surface area contributed by atoms with Crippen molar-refractivity contribution in [1.82, 2.24) is 0 Å². The Morgan fingerprint density at radius 3 is 2.29 bits per heavy atom. The van der Waals surface area contributed by atoms with Crippen molar-refractivity contribution in [3.05, 3.63) is 71.5 Å². The second-order valence-electron chi connectivity index (χ2n) is 6.46. The van der Waals surface area contributed by atoms with Crippen molar-refractivity contribution in [2.24, 2.45) is 11.3 Å². The third-order valence-corrected chi connectivity index (χ3v) is 4.62. The molecule has 0 aromatic heterocycles. The van der Waals surface area contributed by atoms with Crippen LogP contribution in [0.5, 0.6) is 0 Å². The van der Waals surface area contributed by atoms with E-state index in [0.717, 1.165) is 5.56 Å². The van der Waals surface area contributed by atoms with Crippen LogP contribution in [0.15, 0.2) is 54.6 Å². The molecule has 0 unspecified atom stereocenters. The predicted octanol–water partition coefficient (Wildman–Crippen LogP) is 4.38. The Hall–Kier alpha value is -1.96. The molecule has 0 radical (unpaired) electrons. The molecule has 1 aliphatic carbocycles. The van der Waals surface area contributed by atoms with E-state index in [9.17, 15) is 9.18 Å². The van der Waals surface area contributed by atoms with Crippen LogP contribution in [-0.4, -0.2) is 5.78 Å². The molecular weight excluding hydrogens is 263 g/mol. The number of Topliss-reactive ketones (excluding diaryl/α,β-unsaturated/α-hetero) is 1. The maximum absolute atomic E-state index is 12.9. The molecule has 21 heavy (non-hydrogen) atoms. The van der Waals surface area contributed by atoms with Gasteiger partial charge in [-0.3, -0.25) is 4.79 Å². The Morgan fingerprint density at radius 1 is 1.05 bits per heavy atom. The Morgan fingerprint density at radius 2 is 1.67 bits per heavy atom. The summed E-state index contributed by atoms with van der Waals surface area (Å²) in [5.41, 5.74) is 2.13. The molecule has 2 aromatic rings. The average molecular weight is 282 g/mol. The molecule has 2 heteroatoms. The first-order valence-corrected chi connectivity index (χ1v) is 7.32. The first-order chi connectivity index (χ1) is 10.00. The molecule has 3 rings (SSSR count). The zero-order chi connectivity index (χ0) is 15.0. The molecule has 2 atom stereocenters. The van der Waals surface area contributed by atoms with Crippen molar-refractivity contribution in [2.45, 2.75) is 26.2 Å². The molecule has 1 aliphatic rings. The molecule has 108 valence electrons. The Bertz CT molecular complexity index is 643. The van der Waals surface area contributed by atoms with Crippen LogP contribution in [0.3, 0.4) is 0 Å². The maximum Gasteiger partial charge on any atom is 0.141 e. The minimum Gasteiger partial charge on any atom is -0.299 e. The van der Waals surface area contributed by atoms with Crippen molar-refractivity contribution in [2.75, 3.05) is 0 Å². The van der Waals surface area contributed by atoms with E-state index in [1.54, 1.807) is 12.1 Å². The van der Waals surface area contributed by atoms with Crippen LogP contribution < -0.4 is 0 Å². The van der Waals surface area contributed by atoms with Crippen molar-refractivity contribution in [3.8, 4) is 0 Å². The summed E-state index contributed by atoms with van der Waals surface area (Å²) in [5.74, 6) is 0.345. The summed E-state index contributed by atoms with van der Waals surface area (Å²) >= 11 is 0. The highest BCUT2D eigenvalue weighted by Gasteiger charge is 2.61. The molecular formula is C19H19FO. The number of carbonyl (C=O) groups excluding carboxylic acids is 1. The number of hydrogen-bond donors (Lipinski definition) is 0. The van der Waals surface area contributed by atoms with Crippen LogP contribution in [0, 0.1) is 17.2 Å². The van der Waals surface area contributed by atoms with E-state index in [4.69, 9.17) is 0 Å². The van der Waals surface area contributed by atoms with E-state index in [1.165, 1.54) is 17.7 Å². The van der Waals surface area contributed by atoms with Gasteiger partial charge < -0.3 is 0 Å². The standard InChI is InChI=1S/C19H19FO/c1-19(2)17(14-6-4-3-5-7-14)18(19)16(21)12-13-8-10-15(20)11-9-13/h3-11,17-18H,12H2,1-2H3/t17-,18-/m1/s1. The van der Waals surface area contributed by atoms with E-state index >= 15 is 0 Å². The smallest absolute Gasteiger partial charge is 0.141 e. The highest BCUT2D eigenvalue weighted by molar-refractivity contribution is 5.88. The number of carbonyl (C=O) groups is 1. The lowest BCUT2D eigenvalue weighted by Crippen LogP contribution is -2.09. The molecule has 0 spiro atoms. The third kappa shape index (κ3) is 2.63. The fraction of sp³-hybridized carbons (Fsp3) is 0.316. The van der Waals surface area contributed by atoms with Crippen LogP contribution >= 0.6 is 0 Å². The van der Waals surface area contributed by atoms with Gasteiger partial charge >= 0.3 is 0 Å². The number of halogens is 1. The molecule has 1 fully saturated rings. The summed E-state index contributed by atoms with van der Waals surface area (Å²) in [4.78, 5) is 12.6. The summed E-state index contributed by atoms with van der Waals surface area (Å²) in [6, 6.07) is 16.4. The minimum absolute atomic E-state index is 0.0124. The molecule has 0 N–H and O–H groups in total. The fourth-order valence-corrected chi connectivity index (χ4v) is 3.43. The molecule has 2 aromatic carbocycles. The molecule has 0 bridgehead atoms. The van der Waals surface area contributed by atoms with Gasteiger partial charge in [0.05, 0.1) is 0 Å². The summed E-state index contributed by atoms with van der Waals surface area (Å²) < 4.78 is 12.9. The highest BCUT2D eigenvalue weighted by atomic mass is 19.1. The minimum atomic E-state index is -0.264. The molecule has 0 amide bonds. The van der Waals surface area contributed by atoms with Crippen molar-refractivity contribution in [3.63, 3.8) is 0 Å². The van der Waals surface area contributed by atoms with E-state index in [1.807, 2.05) is 18.2 Å². The number of ketones is 1. The average Bonchev–Trinajstić information content (AvgIpc) is 3.05. The lowest BCUT2D eigenvalue weighted by atomic mass is 10.0. The first kappa shape index (κ1) is 14.0. The molecule has 1 saturated carbocycles. The number of benzene rings is 2. The monoisotopic (exact) mass is 282 g/mol. The summed E-state index contributed by atoms with van der Waals surface area (Å²) in [6.45, 7) is 4.30. The van der Waals surface area contributed by atoms with Crippen LogP contribution in [0.25, 0.3) is 0 Å².